The minimum Gasteiger partial charge on any atom is -0.396 e. The summed E-state index contributed by atoms with van der Waals surface area (Å²) in [4.78, 5) is 0.318. The van der Waals surface area contributed by atoms with Crippen molar-refractivity contribution in [3.8, 4) is 0 Å². The summed E-state index contributed by atoms with van der Waals surface area (Å²) in [5.41, 5.74) is 1.04. The van der Waals surface area contributed by atoms with Crippen LogP contribution in [0.1, 0.15) is 5.56 Å². The summed E-state index contributed by atoms with van der Waals surface area (Å²) in [6.07, 6.45) is 0. The van der Waals surface area contributed by atoms with Crippen LogP contribution in [-0.2, 0) is 15.4 Å². The van der Waals surface area contributed by atoms with Gasteiger partial charge in [-0.15, -0.1) is 0 Å². The number of halogens is 1. The molecule has 94 valence electrons. The smallest absolute Gasteiger partial charge is 0.243 e. The van der Waals surface area contributed by atoms with Crippen molar-refractivity contribution in [1.82, 2.24) is 4.31 Å². The molecule has 6 heteroatoms. The molecule has 0 bridgehead atoms. The van der Waals surface area contributed by atoms with Crippen LogP contribution in [0.15, 0.2) is 29.2 Å². The molecule has 0 aromatic heterocycles. The lowest BCUT2D eigenvalue weighted by molar-refractivity contribution is 0.117. The molecular formula is C11H14BrNO3S. The van der Waals surface area contributed by atoms with Crippen LogP contribution in [-0.4, -0.2) is 37.5 Å². The molecule has 1 aromatic rings. The Balaban J connectivity index is 2.15. The molecule has 17 heavy (non-hydrogen) atoms. The van der Waals surface area contributed by atoms with E-state index >= 15 is 0 Å². The molecular weight excluding hydrogens is 306 g/mol. The topological polar surface area (TPSA) is 57.6 Å². The highest BCUT2D eigenvalue weighted by Crippen LogP contribution is 2.25. The van der Waals surface area contributed by atoms with Gasteiger partial charge < -0.3 is 5.11 Å². The van der Waals surface area contributed by atoms with Gasteiger partial charge in [-0.25, -0.2) is 8.42 Å². The maximum atomic E-state index is 12.1. The minimum atomic E-state index is -3.36. The second kappa shape index (κ2) is 5.06. The summed E-state index contributed by atoms with van der Waals surface area (Å²) in [5.74, 6) is 0.0894. The average molecular weight is 320 g/mol. The molecule has 1 aromatic carbocycles. The molecule has 1 fully saturated rings. The van der Waals surface area contributed by atoms with Crippen molar-refractivity contribution in [3.05, 3.63) is 29.8 Å². The molecule has 2 rings (SSSR count). The Bertz CT molecular complexity index is 480. The summed E-state index contributed by atoms with van der Waals surface area (Å²) in [6.45, 7) is 0.882. The maximum Gasteiger partial charge on any atom is 0.243 e. The first kappa shape index (κ1) is 13.0. The molecule has 1 heterocycles. The monoisotopic (exact) mass is 319 g/mol. The number of hydrogen-bond donors (Lipinski definition) is 1. The van der Waals surface area contributed by atoms with Crippen molar-refractivity contribution in [2.24, 2.45) is 5.92 Å². The number of nitrogens with zero attached hydrogens (tertiary/aromatic N) is 1. The normalized spacial score (nSPS) is 18.0. The zero-order valence-electron chi connectivity index (χ0n) is 9.21. The standard InChI is InChI=1S/C11H14BrNO3S/c12-5-9-1-3-11(4-2-9)17(15,16)13-6-10(7-13)8-14/h1-4,10,14H,5-8H2. The van der Waals surface area contributed by atoms with Crippen LogP contribution in [0.5, 0.6) is 0 Å². The van der Waals surface area contributed by atoms with Gasteiger partial charge in [0.2, 0.25) is 10.0 Å². The van der Waals surface area contributed by atoms with Crippen LogP contribution >= 0.6 is 15.9 Å². The Morgan fingerprint density at radius 1 is 1.29 bits per heavy atom. The van der Waals surface area contributed by atoms with Gasteiger partial charge in [0.15, 0.2) is 0 Å². The van der Waals surface area contributed by atoms with E-state index in [0.29, 0.717) is 23.3 Å². The zero-order chi connectivity index (χ0) is 12.5. The fourth-order valence-electron chi connectivity index (χ4n) is 1.73. The van der Waals surface area contributed by atoms with Crippen molar-refractivity contribution in [2.45, 2.75) is 10.2 Å². The quantitative estimate of drug-likeness (QED) is 0.848. The SMILES string of the molecule is O=S(=O)(c1ccc(CBr)cc1)N1CC(CO)C1. The Hall–Kier alpha value is -0.430. The number of alkyl halides is 1. The molecule has 1 N–H and O–H groups in total. The van der Waals surface area contributed by atoms with E-state index in [4.69, 9.17) is 5.11 Å². The molecule has 4 nitrogen and oxygen atoms in total. The van der Waals surface area contributed by atoms with Crippen LogP contribution in [0.4, 0.5) is 0 Å². The van der Waals surface area contributed by atoms with Crippen molar-refractivity contribution in [2.75, 3.05) is 19.7 Å². The number of rotatable bonds is 4. The van der Waals surface area contributed by atoms with E-state index in [1.165, 1.54) is 4.31 Å². The second-order valence-electron chi connectivity index (χ2n) is 4.15. The number of sulfonamides is 1. The summed E-state index contributed by atoms with van der Waals surface area (Å²) < 4.78 is 25.6. The predicted octanol–water partition coefficient (Wildman–Crippen LogP) is 1.19. The van der Waals surface area contributed by atoms with Crippen LogP contribution in [0.25, 0.3) is 0 Å². The Morgan fingerprint density at radius 3 is 2.35 bits per heavy atom. The molecule has 0 saturated carbocycles. The van der Waals surface area contributed by atoms with Gasteiger partial charge in [0.05, 0.1) is 4.90 Å². The minimum absolute atomic E-state index is 0.0501. The third-order valence-corrected chi connectivity index (χ3v) is 5.39. The maximum absolute atomic E-state index is 12.1. The van der Waals surface area contributed by atoms with Gasteiger partial charge in [0.1, 0.15) is 0 Å². The first-order chi connectivity index (χ1) is 8.07. The molecule has 0 amide bonds. The van der Waals surface area contributed by atoms with E-state index in [9.17, 15) is 8.42 Å². The van der Waals surface area contributed by atoms with Gasteiger partial charge in [0, 0.05) is 30.9 Å². The van der Waals surface area contributed by atoms with Crippen molar-refractivity contribution in [3.63, 3.8) is 0 Å². The first-order valence-electron chi connectivity index (χ1n) is 5.34. The van der Waals surface area contributed by atoms with Crippen LogP contribution in [0, 0.1) is 5.92 Å². The molecule has 0 atom stereocenters. The summed E-state index contributed by atoms with van der Waals surface area (Å²) in [5, 5.41) is 9.59. The van der Waals surface area contributed by atoms with Crippen LogP contribution in [0.3, 0.4) is 0 Å². The Morgan fingerprint density at radius 2 is 1.88 bits per heavy atom. The zero-order valence-corrected chi connectivity index (χ0v) is 11.6. The molecule has 1 aliphatic rings. The fourth-order valence-corrected chi connectivity index (χ4v) is 3.70. The summed E-state index contributed by atoms with van der Waals surface area (Å²) >= 11 is 3.32. The van der Waals surface area contributed by atoms with Gasteiger partial charge >= 0.3 is 0 Å². The highest BCUT2D eigenvalue weighted by Gasteiger charge is 2.35. The number of benzene rings is 1. The molecule has 0 aliphatic carbocycles. The summed E-state index contributed by atoms with van der Waals surface area (Å²) in [7, 11) is -3.36. The summed E-state index contributed by atoms with van der Waals surface area (Å²) in [6, 6.07) is 6.84. The Kier molecular flexibility index (Phi) is 3.87. The van der Waals surface area contributed by atoms with Crippen molar-refractivity contribution in [1.29, 1.82) is 0 Å². The van der Waals surface area contributed by atoms with Gasteiger partial charge in [0.25, 0.3) is 0 Å². The molecule has 0 radical (unpaired) electrons. The first-order valence-corrected chi connectivity index (χ1v) is 7.90. The third-order valence-electron chi connectivity index (χ3n) is 2.90. The third kappa shape index (κ3) is 2.54. The van der Waals surface area contributed by atoms with Gasteiger partial charge in [-0.1, -0.05) is 28.1 Å². The second-order valence-corrected chi connectivity index (χ2v) is 6.65. The van der Waals surface area contributed by atoms with E-state index in [1.54, 1.807) is 24.3 Å². The lowest BCUT2D eigenvalue weighted by atomic mass is 10.1. The van der Waals surface area contributed by atoms with E-state index in [0.717, 1.165) is 5.56 Å². The van der Waals surface area contributed by atoms with Crippen molar-refractivity contribution < 1.29 is 13.5 Å². The number of aliphatic hydroxyl groups is 1. The van der Waals surface area contributed by atoms with Gasteiger partial charge in [-0.2, -0.15) is 4.31 Å². The largest absolute Gasteiger partial charge is 0.396 e. The Labute approximate surface area is 109 Å². The van der Waals surface area contributed by atoms with E-state index in [-0.39, 0.29) is 12.5 Å². The van der Waals surface area contributed by atoms with E-state index in [1.807, 2.05) is 0 Å². The molecule has 0 unspecified atom stereocenters. The predicted molar refractivity (Wildman–Crippen MR) is 68.4 cm³/mol. The molecule has 0 spiro atoms. The average Bonchev–Trinajstić information content (AvgIpc) is 2.27. The van der Waals surface area contributed by atoms with Gasteiger partial charge in [-0.05, 0) is 17.7 Å². The van der Waals surface area contributed by atoms with E-state index < -0.39 is 10.0 Å². The number of hydrogen-bond acceptors (Lipinski definition) is 3. The lowest BCUT2D eigenvalue weighted by Crippen LogP contribution is -2.51. The number of aliphatic hydroxyl groups excluding tert-OH is 1. The van der Waals surface area contributed by atoms with Crippen LogP contribution in [0.2, 0.25) is 0 Å². The van der Waals surface area contributed by atoms with Gasteiger partial charge in [-0.3, -0.25) is 0 Å². The highest BCUT2D eigenvalue weighted by molar-refractivity contribution is 9.08. The van der Waals surface area contributed by atoms with E-state index in [2.05, 4.69) is 15.9 Å². The van der Waals surface area contributed by atoms with Crippen LogP contribution < -0.4 is 0 Å². The highest BCUT2D eigenvalue weighted by atomic mass is 79.9. The molecule has 1 aliphatic heterocycles. The molecule has 1 saturated heterocycles. The van der Waals surface area contributed by atoms with Crippen molar-refractivity contribution >= 4 is 26.0 Å². The fraction of sp³-hybridized carbons (Fsp3) is 0.455. The lowest BCUT2D eigenvalue weighted by Gasteiger charge is -2.36.